The van der Waals surface area contributed by atoms with Gasteiger partial charge in [-0.05, 0) is 0 Å². The largest absolute Gasteiger partial charge is 0.434 e. The molecule has 0 amide bonds. The van der Waals surface area contributed by atoms with E-state index in [1.54, 1.807) is 0 Å². The first-order valence-corrected chi connectivity index (χ1v) is 7.71. The minimum Gasteiger partial charge on any atom is -0.231 e. The molecule has 0 aliphatic carbocycles. The summed E-state index contributed by atoms with van der Waals surface area (Å²) in [6, 6.07) is 0. The highest BCUT2D eigenvalue weighted by atomic mass is 35.5. The average Bonchev–Trinajstić information content (AvgIpc) is 2.56. The SMILES string of the molecule is FC(F)=C(Cl)C(F)(C(F)(F)F)C(F)(F)C(F)(F)C(F)(F)C(Cl)(Cl)C(F)(F)C(F)C(F)(F)F. The molecular formula is C11HCl3F18. The Labute approximate surface area is 178 Å². The van der Waals surface area contributed by atoms with Crippen LogP contribution in [0.1, 0.15) is 0 Å². The molecule has 2 unspecified atom stereocenters. The number of allylic oxidation sites excluding steroid dienone is 1. The average molecular weight is 581 g/mol. The van der Waals surface area contributed by atoms with Gasteiger partial charge in [0.25, 0.3) is 16.6 Å². The Bertz CT molecular complexity index is 729. The van der Waals surface area contributed by atoms with Crippen molar-refractivity contribution in [2.45, 2.75) is 52.2 Å². The molecule has 0 aliphatic rings. The second kappa shape index (κ2) is 8.23. The van der Waals surface area contributed by atoms with E-state index in [4.69, 9.17) is 0 Å². The van der Waals surface area contributed by atoms with Gasteiger partial charge in [-0.25, -0.2) is 8.78 Å². The normalized spacial score (nSPS) is 18.3. The standard InChI is InChI=1S/C11HCl3F18/c12-1(2(15)16)4(18,11(30,31)32)8(24,25)10(28,29)9(26,27)7(13,14)5(19,20)3(17)6(21,22)23/h3H. The van der Waals surface area contributed by atoms with E-state index in [-0.39, 0.29) is 0 Å². The Morgan fingerprint density at radius 1 is 0.594 bits per heavy atom. The molecule has 0 bridgehead atoms. The molecule has 0 N–H and O–H groups in total. The molecule has 0 radical (unpaired) electrons. The van der Waals surface area contributed by atoms with Crippen molar-refractivity contribution in [3.8, 4) is 0 Å². The summed E-state index contributed by atoms with van der Waals surface area (Å²) in [4.78, 5) is 0. The molecule has 0 aromatic heterocycles. The van der Waals surface area contributed by atoms with E-state index in [2.05, 4.69) is 34.8 Å². The van der Waals surface area contributed by atoms with Crippen LogP contribution in [0.4, 0.5) is 79.0 Å². The lowest BCUT2D eigenvalue weighted by atomic mass is 9.85. The zero-order chi connectivity index (χ0) is 26.7. The van der Waals surface area contributed by atoms with Crippen LogP contribution >= 0.6 is 34.8 Å². The van der Waals surface area contributed by atoms with Crippen LogP contribution in [0.15, 0.2) is 11.1 Å². The Morgan fingerprint density at radius 2 is 0.938 bits per heavy atom. The summed E-state index contributed by atoms with van der Waals surface area (Å²) >= 11 is 11.8. The number of rotatable bonds is 7. The van der Waals surface area contributed by atoms with Gasteiger partial charge in [0.05, 0.1) is 0 Å². The van der Waals surface area contributed by atoms with Crippen LogP contribution in [0.5, 0.6) is 0 Å². The lowest BCUT2D eigenvalue weighted by Gasteiger charge is -2.45. The number of alkyl halides is 18. The van der Waals surface area contributed by atoms with Crippen molar-refractivity contribution in [2.24, 2.45) is 0 Å². The first-order valence-electron chi connectivity index (χ1n) is 6.58. The Morgan fingerprint density at radius 3 is 1.19 bits per heavy atom. The third-order valence-electron chi connectivity index (χ3n) is 3.50. The van der Waals surface area contributed by atoms with E-state index >= 15 is 0 Å². The van der Waals surface area contributed by atoms with Gasteiger partial charge in [-0.2, -0.15) is 70.2 Å². The van der Waals surface area contributed by atoms with Gasteiger partial charge in [-0.15, -0.1) is 0 Å². The van der Waals surface area contributed by atoms with Gasteiger partial charge in [0.1, 0.15) is 5.03 Å². The molecule has 192 valence electrons. The molecule has 2 atom stereocenters. The third kappa shape index (κ3) is 4.15. The van der Waals surface area contributed by atoms with E-state index in [1.165, 1.54) is 0 Å². The van der Waals surface area contributed by atoms with Crippen molar-refractivity contribution < 1.29 is 79.0 Å². The summed E-state index contributed by atoms with van der Waals surface area (Å²) in [6.07, 6.45) is -25.1. The third-order valence-corrected chi connectivity index (χ3v) is 4.88. The fourth-order valence-electron chi connectivity index (χ4n) is 1.76. The van der Waals surface area contributed by atoms with E-state index in [1.807, 2.05) is 0 Å². The fraction of sp³-hybridized carbons (Fsp3) is 0.818. The zero-order valence-electron chi connectivity index (χ0n) is 13.5. The lowest BCUT2D eigenvalue weighted by molar-refractivity contribution is -0.388. The van der Waals surface area contributed by atoms with Crippen LogP contribution < -0.4 is 0 Å². The van der Waals surface area contributed by atoms with Crippen LogP contribution in [-0.2, 0) is 0 Å². The van der Waals surface area contributed by atoms with Gasteiger partial charge >= 0.3 is 41.7 Å². The smallest absolute Gasteiger partial charge is 0.231 e. The van der Waals surface area contributed by atoms with Crippen LogP contribution in [0.2, 0.25) is 0 Å². The molecule has 0 fully saturated rings. The van der Waals surface area contributed by atoms with Crippen LogP contribution in [0.3, 0.4) is 0 Å². The van der Waals surface area contributed by atoms with E-state index in [0.717, 1.165) is 0 Å². The Hall–Kier alpha value is -0.650. The first kappa shape index (κ1) is 31.4. The van der Waals surface area contributed by atoms with Crippen molar-refractivity contribution >= 4 is 34.8 Å². The highest BCUT2D eigenvalue weighted by molar-refractivity contribution is 6.50. The van der Waals surface area contributed by atoms with Crippen molar-refractivity contribution in [2.75, 3.05) is 0 Å². The van der Waals surface area contributed by atoms with Crippen LogP contribution in [0, 0.1) is 0 Å². The lowest BCUT2D eigenvalue weighted by Crippen LogP contribution is -2.74. The van der Waals surface area contributed by atoms with Crippen LogP contribution in [0.25, 0.3) is 0 Å². The van der Waals surface area contributed by atoms with Crippen molar-refractivity contribution in [3.05, 3.63) is 11.1 Å². The van der Waals surface area contributed by atoms with Gasteiger partial charge in [-0.3, -0.25) is 0 Å². The Kier molecular flexibility index (Phi) is 8.07. The predicted molar refractivity (Wildman–Crippen MR) is 70.2 cm³/mol. The molecule has 21 heteroatoms. The molecule has 0 rings (SSSR count). The maximum Gasteiger partial charge on any atom is 0.434 e. The minimum absolute atomic E-state index is 3.92. The van der Waals surface area contributed by atoms with E-state index < -0.39 is 63.3 Å². The Balaban J connectivity index is 7.15. The predicted octanol–water partition coefficient (Wildman–Crippen LogP) is 8.22. The molecule has 0 spiro atoms. The minimum atomic E-state index is -8.39. The highest BCUT2D eigenvalue weighted by Crippen LogP contribution is 2.66. The topological polar surface area (TPSA) is 0 Å². The van der Waals surface area contributed by atoms with Gasteiger partial charge in [0.15, 0.2) is 0 Å². The van der Waals surface area contributed by atoms with Gasteiger partial charge < -0.3 is 0 Å². The maximum absolute atomic E-state index is 13.9. The van der Waals surface area contributed by atoms with Crippen LogP contribution in [-0.4, -0.2) is 52.2 Å². The molecular weight excluding hydrogens is 580 g/mol. The fourth-order valence-corrected chi connectivity index (χ4v) is 2.41. The van der Waals surface area contributed by atoms with Crippen molar-refractivity contribution in [1.82, 2.24) is 0 Å². The van der Waals surface area contributed by atoms with E-state index in [0.29, 0.717) is 0 Å². The number of halogens is 21. The van der Waals surface area contributed by atoms with Gasteiger partial charge in [-0.1, -0.05) is 34.8 Å². The molecule has 0 aliphatic heterocycles. The second-order valence-corrected chi connectivity index (χ2v) is 7.26. The quantitative estimate of drug-likeness (QED) is 0.210. The molecule has 0 aromatic rings. The molecule has 0 heterocycles. The summed E-state index contributed by atoms with van der Waals surface area (Å²) in [7, 11) is 0. The summed E-state index contributed by atoms with van der Waals surface area (Å²) in [5, 5.41) is -4.19. The van der Waals surface area contributed by atoms with Crippen molar-refractivity contribution in [3.63, 3.8) is 0 Å². The zero-order valence-corrected chi connectivity index (χ0v) is 15.8. The summed E-state index contributed by atoms with van der Waals surface area (Å²) in [5.74, 6) is -32.0. The molecule has 0 saturated carbocycles. The van der Waals surface area contributed by atoms with Gasteiger partial charge in [0, 0.05) is 0 Å². The molecule has 0 aromatic carbocycles. The summed E-state index contributed by atoms with van der Waals surface area (Å²) in [6.45, 7) is 0. The van der Waals surface area contributed by atoms with E-state index in [9.17, 15) is 79.0 Å². The number of hydrogen-bond donors (Lipinski definition) is 0. The highest BCUT2D eigenvalue weighted by Gasteiger charge is 2.92. The second-order valence-electron chi connectivity index (χ2n) is 5.56. The van der Waals surface area contributed by atoms with Gasteiger partial charge in [0.2, 0.25) is 0 Å². The maximum atomic E-state index is 13.9. The number of hydrogen-bond acceptors (Lipinski definition) is 0. The summed E-state index contributed by atoms with van der Waals surface area (Å²) < 4.78 is 228. The van der Waals surface area contributed by atoms with Crippen molar-refractivity contribution in [1.29, 1.82) is 0 Å². The monoisotopic (exact) mass is 580 g/mol. The molecule has 0 saturated heterocycles. The first-order chi connectivity index (χ1) is 13.5. The molecule has 32 heavy (non-hydrogen) atoms. The molecule has 0 nitrogen and oxygen atoms in total. The summed E-state index contributed by atoms with van der Waals surface area (Å²) in [5.41, 5.74) is -7.67.